The molecule has 1 unspecified atom stereocenters. The molecule has 0 saturated carbocycles. The molecule has 1 aliphatic heterocycles. The highest BCUT2D eigenvalue weighted by Gasteiger charge is 2.28. The summed E-state index contributed by atoms with van der Waals surface area (Å²) < 4.78 is 41.4. The molecule has 1 aromatic heterocycles. The van der Waals surface area contributed by atoms with Crippen molar-refractivity contribution in [3.8, 4) is 11.5 Å². The first-order valence-corrected chi connectivity index (χ1v) is 11.1. The fraction of sp³-hybridized carbons (Fsp3) is 0.500. The van der Waals surface area contributed by atoms with E-state index >= 15 is 0 Å². The van der Waals surface area contributed by atoms with Crippen molar-refractivity contribution in [2.75, 3.05) is 54.0 Å². The lowest BCUT2D eigenvalue weighted by molar-refractivity contribution is 0.109. The molecule has 2 aromatic rings. The highest BCUT2D eigenvalue weighted by molar-refractivity contribution is 7.89. The quantitative estimate of drug-likeness (QED) is 0.691. The molecule has 0 spiro atoms. The summed E-state index contributed by atoms with van der Waals surface area (Å²) in [5, 5.41) is 0. The standard InChI is InChI=1S/C20H30N4O4S/c1-22-10-12-24(13-11-22)18(17-6-5-9-23(17)2)15-21-29(25,26)20-8-7-16(27-3)14-19(20)28-4/h5-9,14,18,21H,10-13,15H2,1-4H3. The first-order chi connectivity index (χ1) is 13.9. The minimum Gasteiger partial charge on any atom is -0.497 e. The second-order valence-electron chi connectivity index (χ2n) is 7.27. The van der Waals surface area contributed by atoms with Crippen LogP contribution in [0, 0.1) is 0 Å². The van der Waals surface area contributed by atoms with Gasteiger partial charge in [-0.2, -0.15) is 0 Å². The predicted molar refractivity (Wildman–Crippen MR) is 112 cm³/mol. The lowest BCUT2D eigenvalue weighted by Crippen LogP contribution is -2.48. The molecule has 8 nitrogen and oxygen atoms in total. The molecule has 1 aliphatic rings. The number of sulfonamides is 1. The fourth-order valence-electron chi connectivity index (χ4n) is 3.64. The molecule has 1 N–H and O–H groups in total. The molecule has 1 saturated heterocycles. The number of hydrogen-bond donors (Lipinski definition) is 1. The fourth-order valence-corrected chi connectivity index (χ4v) is 4.83. The zero-order valence-corrected chi connectivity index (χ0v) is 18.3. The number of aryl methyl sites for hydroxylation is 1. The smallest absolute Gasteiger partial charge is 0.244 e. The van der Waals surface area contributed by atoms with Crippen molar-refractivity contribution in [1.82, 2.24) is 19.1 Å². The molecule has 1 fully saturated rings. The highest BCUT2D eigenvalue weighted by Crippen LogP contribution is 2.29. The van der Waals surface area contributed by atoms with Crippen molar-refractivity contribution in [3.05, 3.63) is 42.2 Å². The maximum atomic E-state index is 13.0. The molecule has 0 aliphatic carbocycles. The predicted octanol–water partition coefficient (Wildman–Crippen LogP) is 1.31. The number of nitrogens with zero attached hydrogens (tertiary/aromatic N) is 3. The molecule has 0 bridgehead atoms. The van der Waals surface area contributed by atoms with Gasteiger partial charge in [0.25, 0.3) is 0 Å². The van der Waals surface area contributed by atoms with Crippen molar-refractivity contribution in [3.63, 3.8) is 0 Å². The van der Waals surface area contributed by atoms with E-state index < -0.39 is 10.0 Å². The first-order valence-electron chi connectivity index (χ1n) is 9.61. The Morgan fingerprint density at radius 2 is 1.79 bits per heavy atom. The zero-order chi connectivity index (χ0) is 21.0. The highest BCUT2D eigenvalue weighted by atomic mass is 32.2. The van der Waals surface area contributed by atoms with Crippen LogP contribution in [0.25, 0.3) is 0 Å². The van der Waals surface area contributed by atoms with Gasteiger partial charge in [-0.1, -0.05) is 0 Å². The normalized spacial score (nSPS) is 17.2. The number of likely N-dealkylation sites (N-methyl/N-ethyl adjacent to an activating group) is 1. The summed E-state index contributed by atoms with van der Waals surface area (Å²) in [5.74, 6) is 0.798. The minimum absolute atomic E-state index is 0.0530. The van der Waals surface area contributed by atoms with Gasteiger partial charge in [-0.05, 0) is 31.3 Å². The summed E-state index contributed by atoms with van der Waals surface area (Å²) in [6, 6.07) is 8.68. The molecule has 29 heavy (non-hydrogen) atoms. The minimum atomic E-state index is -3.75. The zero-order valence-electron chi connectivity index (χ0n) is 17.5. The van der Waals surface area contributed by atoms with Crippen molar-refractivity contribution >= 4 is 10.0 Å². The second-order valence-corrected chi connectivity index (χ2v) is 9.00. The molecule has 160 valence electrons. The van der Waals surface area contributed by atoms with E-state index in [0.717, 1.165) is 31.9 Å². The molecule has 3 rings (SSSR count). The van der Waals surface area contributed by atoms with Gasteiger partial charge >= 0.3 is 0 Å². The third-order valence-electron chi connectivity index (χ3n) is 5.43. The van der Waals surface area contributed by atoms with Crippen molar-refractivity contribution in [1.29, 1.82) is 0 Å². The van der Waals surface area contributed by atoms with E-state index in [1.807, 2.05) is 29.9 Å². The van der Waals surface area contributed by atoms with E-state index in [1.165, 1.54) is 20.3 Å². The van der Waals surface area contributed by atoms with Crippen molar-refractivity contribution in [2.24, 2.45) is 7.05 Å². The van der Waals surface area contributed by atoms with Gasteiger partial charge < -0.3 is 18.9 Å². The summed E-state index contributed by atoms with van der Waals surface area (Å²) in [6.45, 7) is 3.97. The van der Waals surface area contributed by atoms with E-state index in [-0.39, 0.29) is 23.2 Å². The van der Waals surface area contributed by atoms with Gasteiger partial charge in [0.15, 0.2) is 0 Å². The van der Waals surface area contributed by atoms with Crippen LogP contribution in [0.1, 0.15) is 11.7 Å². The third-order valence-corrected chi connectivity index (χ3v) is 6.89. The number of piperazine rings is 1. The lowest BCUT2D eigenvalue weighted by atomic mass is 10.1. The van der Waals surface area contributed by atoms with Gasteiger partial charge in [0.05, 0.1) is 20.3 Å². The Morgan fingerprint density at radius 3 is 2.38 bits per heavy atom. The number of rotatable bonds is 8. The largest absolute Gasteiger partial charge is 0.497 e. The maximum absolute atomic E-state index is 13.0. The van der Waals surface area contributed by atoms with Crippen LogP contribution in [0.15, 0.2) is 41.4 Å². The van der Waals surface area contributed by atoms with Gasteiger partial charge in [0, 0.05) is 57.7 Å². The van der Waals surface area contributed by atoms with E-state index in [2.05, 4.69) is 21.6 Å². The SMILES string of the molecule is COc1ccc(S(=O)(=O)NCC(c2cccn2C)N2CCN(C)CC2)c(OC)c1. The molecule has 0 radical (unpaired) electrons. The average Bonchev–Trinajstić information content (AvgIpc) is 3.14. The van der Waals surface area contributed by atoms with Gasteiger partial charge in [-0.15, -0.1) is 0 Å². The molecular formula is C20H30N4O4S. The molecule has 9 heteroatoms. The van der Waals surface area contributed by atoms with E-state index in [9.17, 15) is 8.42 Å². The van der Waals surface area contributed by atoms with E-state index in [1.54, 1.807) is 12.1 Å². The number of ether oxygens (including phenoxy) is 2. The van der Waals surface area contributed by atoms with E-state index in [0.29, 0.717) is 5.75 Å². The van der Waals surface area contributed by atoms with Crippen LogP contribution in [0.5, 0.6) is 11.5 Å². The topological polar surface area (TPSA) is 76.0 Å². The molecule has 1 atom stereocenters. The van der Waals surface area contributed by atoms with Gasteiger partial charge in [0.2, 0.25) is 10.0 Å². The van der Waals surface area contributed by atoms with Crippen LogP contribution < -0.4 is 14.2 Å². The third kappa shape index (κ3) is 4.92. The molecule has 0 amide bonds. The lowest BCUT2D eigenvalue weighted by Gasteiger charge is -2.38. The number of hydrogen-bond acceptors (Lipinski definition) is 6. The molecule has 2 heterocycles. The Labute approximate surface area is 173 Å². The Balaban J connectivity index is 1.82. The van der Waals surface area contributed by atoms with Crippen LogP contribution in [0.4, 0.5) is 0 Å². The summed E-state index contributed by atoms with van der Waals surface area (Å²) in [4.78, 5) is 4.72. The number of methoxy groups -OCH3 is 2. The molecular weight excluding hydrogens is 392 g/mol. The molecule has 1 aromatic carbocycles. The Hall–Kier alpha value is -2.07. The van der Waals surface area contributed by atoms with Gasteiger partial charge in [0.1, 0.15) is 16.4 Å². The van der Waals surface area contributed by atoms with Gasteiger partial charge in [-0.3, -0.25) is 4.90 Å². The van der Waals surface area contributed by atoms with Crippen LogP contribution in [0.3, 0.4) is 0 Å². The monoisotopic (exact) mass is 422 g/mol. The summed E-state index contributed by atoms with van der Waals surface area (Å²) in [7, 11) is 3.32. The summed E-state index contributed by atoms with van der Waals surface area (Å²) in [5.41, 5.74) is 1.08. The maximum Gasteiger partial charge on any atom is 0.244 e. The number of aromatic nitrogens is 1. The van der Waals surface area contributed by atoms with Crippen LogP contribution >= 0.6 is 0 Å². The number of benzene rings is 1. The Bertz CT molecular complexity index is 920. The number of nitrogens with one attached hydrogen (secondary N) is 1. The van der Waals surface area contributed by atoms with Gasteiger partial charge in [-0.25, -0.2) is 13.1 Å². The van der Waals surface area contributed by atoms with Crippen molar-refractivity contribution < 1.29 is 17.9 Å². The Morgan fingerprint density at radius 1 is 1.07 bits per heavy atom. The van der Waals surface area contributed by atoms with Crippen LogP contribution in [0.2, 0.25) is 0 Å². The van der Waals surface area contributed by atoms with E-state index in [4.69, 9.17) is 9.47 Å². The summed E-state index contributed by atoms with van der Waals surface area (Å²) >= 11 is 0. The summed E-state index contributed by atoms with van der Waals surface area (Å²) in [6.07, 6.45) is 1.99. The van der Waals surface area contributed by atoms with Crippen LogP contribution in [-0.4, -0.2) is 76.8 Å². The van der Waals surface area contributed by atoms with Crippen LogP contribution in [-0.2, 0) is 17.1 Å². The first kappa shape index (κ1) is 21.6. The second kappa shape index (κ2) is 9.17. The average molecular weight is 423 g/mol. The van der Waals surface area contributed by atoms with Crippen molar-refractivity contribution in [2.45, 2.75) is 10.9 Å². The Kier molecular flexibility index (Phi) is 6.84.